The van der Waals surface area contributed by atoms with Crippen LogP contribution in [0.4, 0.5) is 11.4 Å². The van der Waals surface area contributed by atoms with E-state index in [9.17, 15) is 23.3 Å². The molecule has 14 heteroatoms. The average Bonchev–Trinajstić information content (AvgIpc) is 3.28. The molecule has 3 aromatic carbocycles. The lowest BCUT2D eigenvalue weighted by molar-refractivity contribution is -0.385. The quantitative estimate of drug-likeness (QED) is 0.261. The van der Waals surface area contributed by atoms with Gasteiger partial charge in [-0.25, -0.2) is 13.8 Å². The highest BCUT2D eigenvalue weighted by Gasteiger charge is 2.23. The van der Waals surface area contributed by atoms with E-state index in [4.69, 9.17) is 32.7 Å². The molecule has 0 fully saturated rings. The molecule has 0 spiro atoms. The number of amides is 1. The van der Waals surface area contributed by atoms with Crippen LogP contribution < -0.4 is 19.6 Å². The van der Waals surface area contributed by atoms with Gasteiger partial charge in [0.1, 0.15) is 0 Å². The molecule has 180 valence electrons. The molecule has 11 nitrogen and oxygen atoms in total. The van der Waals surface area contributed by atoms with Gasteiger partial charge in [-0.1, -0.05) is 29.3 Å². The van der Waals surface area contributed by atoms with E-state index in [0.717, 1.165) is 12.3 Å². The highest BCUT2D eigenvalue weighted by molar-refractivity contribution is 7.92. The summed E-state index contributed by atoms with van der Waals surface area (Å²) < 4.78 is 38.2. The van der Waals surface area contributed by atoms with Gasteiger partial charge in [0.05, 0.1) is 38.4 Å². The first-order valence-corrected chi connectivity index (χ1v) is 11.9. The Balaban J connectivity index is 1.51. The lowest BCUT2D eigenvalue weighted by atomic mass is 10.1. The van der Waals surface area contributed by atoms with E-state index in [1.807, 2.05) is 0 Å². The monoisotopic (exact) mass is 536 g/mol. The number of nitrogens with one attached hydrogen (secondary N) is 2. The van der Waals surface area contributed by atoms with Gasteiger partial charge in [0, 0.05) is 10.6 Å². The highest BCUT2D eigenvalue weighted by Crippen LogP contribution is 2.37. The van der Waals surface area contributed by atoms with E-state index < -0.39 is 20.9 Å². The second-order valence-corrected chi connectivity index (χ2v) is 9.50. The summed E-state index contributed by atoms with van der Waals surface area (Å²) in [6, 6.07) is 12.0. The summed E-state index contributed by atoms with van der Waals surface area (Å²) in [6.07, 6.45) is 1.07. The van der Waals surface area contributed by atoms with Crippen molar-refractivity contribution in [3.8, 4) is 11.5 Å². The number of sulfonamides is 1. The number of rotatable bonds is 7. The van der Waals surface area contributed by atoms with Crippen LogP contribution in [-0.4, -0.2) is 32.3 Å². The number of benzene rings is 3. The summed E-state index contributed by atoms with van der Waals surface area (Å²) in [5, 5.41) is 15.5. The summed E-state index contributed by atoms with van der Waals surface area (Å²) in [5.74, 6) is -0.223. The van der Waals surface area contributed by atoms with Crippen molar-refractivity contribution >= 4 is 56.7 Å². The SMILES string of the molecule is O=C(NN=Cc1cc2c(cc1[N+](=O)[O-])OCO2)c1cccc(S(=O)(=O)Nc2cc(Cl)ccc2Cl)c1. The molecule has 0 bridgehead atoms. The molecule has 0 aromatic heterocycles. The Kier molecular flexibility index (Phi) is 6.78. The molecule has 0 atom stereocenters. The van der Waals surface area contributed by atoms with Crippen LogP contribution in [0.3, 0.4) is 0 Å². The van der Waals surface area contributed by atoms with Crippen LogP contribution >= 0.6 is 23.2 Å². The van der Waals surface area contributed by atoms with Crippen LogP contribution in [0.25, 0.3) is 0 Å². The molecule has 4 rings (SSSR count). The fraction of sp³-hybridized carbons (Fsp3) is 0.0476. The third-order valence-corrected chi connectivity index (χ3v) is 6.60. The van der Waals surface area contributed by atoms with Crippen LogP contribution in [0.5, 0.6) is 11.5 Å². The molecule has 0 radical (unpaired) electrons. The van der Waals surface area contributed by atoms with Crippen LogP contribution in [0.2, 0.25) is 10.0 Å². The van der Waals surface area contributed by atoms with Crippen molar-refractivity contribution in [1.29, 1.82) is 0 Å². The number of carbonyl (C=O) groups is 1. The minimum atomic E-state index is -4.11. The molecular weight excluding hydrogens is 523 g/mol. The summed E-state index contributed by atoms with van der Waals surface area (Å²) in [4.78, 5) is 23.0. The van der Waals surface area contributed by atoms with E-state index in [1.54, 1.807) is 0 Å². The van der Waals surface area contributed by atoms with E-state index >= 15 is 0 Å². The van der Waals surface area contributed by atoms with Crippen molar-refractivity contribution in [1.82, 2.24) is 5.43 Å². The molecular formula is C21H14Cl2N4O7S. The van der Waals surface area contributed by atoms with Crippen molar-refractivity contribution in [3.05, 3.63) is 85.9 Å². The number of hydrogen-bond donors (Lipinski definition) is 2. The summed E-state index contributed by atoms with van der Waals surface area (Å²) in [6.45, 7) is -0.0680. The Hall–Kier alpha value is -3.87. The van der Waals surface area contributed by atoms with Gasteiger partial charge in [-0.2, -0.15) is 5.10 Å². The summed E-state index contributed by atoms with van der Waals surface area (Å²) in [7, 11) is -4.11. The zero-order chi connectivity index (χ0) is 25.2. The van der Waals surface area contributed by atoms with Crippen LogP contribution in [-0.2, 0) is 10.0 Å². The molecule has 35 heavy (non-hydrogen) atoms. The van der Waals surface area contributed by atoms with Crippen molar-refractivity contribution < 1.29 is 27.6 Å². The van der Waals surface area contributed by atoms with Crippen molar-refractivity contribution in [3.63, 3.8) is 0 Å². The normalized spacial score (nSPS) is 12.5. The largest absolute Gasteiger partial charge is 0.454 e. The number of fused-ring (bicyclic) bond motifs is 1. The Morgan fingerprint density at radius 3 is 2.57 bits per heavy atom. The second kappa shape index (κ2) is 9.78. The van der Waals surface area contributed by atoms with Crippen LogP contribution in [0.1, 0.15) is 15.9 Å². The topological polar surface area (TPSA) is 149 Å². The maximum atomic E-state index is 12.8. The number of ether oxygens (including phenoxy) is 2. The number of carbonyl (C=O) groups excluding carboxylic acids is 1. The lowest BCUT2D eigenvalue weighted by Gasteiger charge is -2.11. The smallest absolute Gasteiger partial charge is 0.282 e. The van der Waals surface area contributed by atoms with Gasteiger partial charge in [0.2, 0.25) is 6.79 Å². The predicted octanol–water partition coefficient (Wildman–Crippen LogP) is 4.20. The summed E-state index contributed by atoms with van der Waals surface area (Å²) in [5.41, 5.74) is 2.02. The number of hydrazone groups is 1. The number of nitro groups is 1. The van der Waals surface area contributed by atoms with Crippen molar-refractivity contribution in [2.24, 2.45) is 5.10 Å². The standard InChI is InChI=1S/C21H14Cl2N4O7S/c22-14-4-5-16(23)17(8-14)26-35(31,32)15-3-1-2-12(6-15)21(28)25-24-10-13-7-19-20(34-11-33-19)9-18(13)27(29)30/h1-10,26H,11H2,(H,25,28). The first kappa shape index (κ1) is 24.3. The van der Waals surface area contributed by atoms with Gasteiger partial charge in [0.25, 0.3) is 21.6 Å². The zero-order valence-corrected chi connectivity index (χ0v) is 19.7. The Bertz CT molecular complexity index is 1480. The molecule has 0 unspecified atom stereocenters. The van der Waals surface area contributed by atoms with E-state index in [2.05, 4.69) is 15.2 Å². The maximum Gasteiger partial charge on any atom is 0.282 e. The summed E-state index contributed by atoms with van der Waals surface area (Å²) >= 11 is 11.9. The molecule has 1 heterocycles. The number of anilines is 1. The fourth-order valence-corrected chi connectivity index (χ4v) is 4.53. The molecule has 2 N–H and O–H groups in total. The molecule has 0 saturated heterocycles. The highest BCUT2D eigenvalue weighted by atomic mass is 35.5. The van der Waals surface area contributed by atoms with E-state index in [0.29, 0.717) is 5.75 Å². The molecule has 3 aromatic rings. The fourth-order valence-electron chi connectivity index (χ4n) is 3.02. The van der Waals surface area contributed by atoms with Gasteiger partial charge in [-0.05, 0) is 42.5 Å². The zero-order valence-electron chi connectivity index (χ0n) is 17.4. The van der Waals surface area contributed by atoms with Gasteiger partial charge in [-0.15, -0.1) is 0 Å². The molecule has 1 aliphatic rings. The van der Waals surface area contributed by atoms with Crippen LogP contribution in [0, 0.1) is 10.1 Å². The molecule has 1 aliphatic heterocycles. The first-order chi connectivity index (χ1) is 16.6. The average molecular weight is 537 g/mol. The van der Waals surface area contributed by atoms with Gasteiger partial charge >= 0.3 is 0 Å². The maximum absolute atomic E-state index is 12.8. The van der Waals surface area contributed by atoms with Gasteiger partial charge in [0.15, 0.2) is 11.5 Å². The minimum absolute atomic E-state index is 0.0256. The molecule has 0 saturated carbocycles. The minimum Gasteiger partial charge on any atom is -0.454 e. The Labute approximate surface area is 208 Å². The van der Waals surface area contributed by atoms with Crippen molar-refractivity contribution in [2.45, 2.75) is 4.90 Å². The number of nitro benzene ring substituents is 1. The van der Waals surface area contributed by atoms with Gasteiger partial charge < -0.3 is 9.47 Å². The predicted molar refractivity (Wildman–Crippen MR) is 128 cm³/mol. The van der Waals surface area contributed by atoms with E-state index in [1.165, 1.54) is 48.5 Å². The van der Waals surface area contributed by atoms with Gasteiger partial charge in [-0.3, -0.25) is 19.6 Å². The first-order valence-electron chi connectivity index (χ1n) is 9.63. The van der Waals surface area contributed by atoms with Crippen LogP contribution in [0.15, 0.2) is 64.6 Å². The number of nitrogens with zero attached hydrogens (tertiary/aromatic N) is 2. The Morgan fingerprint density at radius 2 is 1.83 bits per heavy atom. The third kappa shape index (κ3) is 5.45. The number of halogens is 2. The molecule has 0 aliphatic carbocycles. The Morgan fingerprint density at radius 1 is 1.09 bits per heavy atom. The molecule has 1 amide bonds. The third-order valence-electron chi connectivity index (χ3n) is 4.67. The number of hydrogen-bond acceptors (Lipinski definition) is 8. The lowest BCUT2D eigenvalue weighted by Crippen LogP contribution is -2.19. The van der Waals surface area contributed by atoms with Crippen molar-refractivity contribution in [2.75, 3.05) is 11.5 Å². The second-order valence-electron chi connectivity index (χ2n) is 6.98. The van der Waals surface area contributed by atoms with E-state index in [-0.39, 0.29) is 50.0 Å².